The number of nitrogens with zero attached hydrogens (tertiary/aromatic N) is 4. The molecular formula is C11H15BN4O7. The number of hydrogen-bond donors (Lipinski definition) is 3. The maximum atomic E-state index is 12.3. The summed E-state index contributed by atoms with van der Waals surface area (Å²) in [4.78, 5) is 28.1. The molecule has 0 aromatic carbocycles. The quantitative estimate of drug-likeness (QED) is 0.372. The van der Waals surface area contributed by atoms with Crippen LogP contribution in [-0.4, -0.2) is 59.8 Å². The third-order valence-corrected chi connectivity index (χ3v) is 3.82. The molecule has 0 bridgehead atoms. The summed E-state index contributed by atoms with van der Waals surface area (Å²) in [5.74, 6) is -2.88. The van der Waals surface area contributed by atoms with Gasteiger partial charge in [-0.1, -0.05) is 0 Å². The van der Waals surface area contributed by atoms with E-state index in [0.717, 1.165) is 12.4 Å². The first-order valence-corrected chi connectivity index (χ1v) is 6.69. The van der Waals surface area contributed by atoms with Gasteiger partial charge in [-0.05, 0) is 0 Å². The van der Waals surface area contributed by atoms with Gasteiger partial charge in [-0.15, -0.1) is 0 Å². The summed E-state index contributed by atoms with van der Waals surface area (Å²) in [5.41, 5.74) is -3.12. The first-order valence-electron chi connectivity index (χ1n) is 6.69. The van der Waals surface area contributed by atoms with Crippen LogP contribution in [0.25, 0.3) is 11.2 Å². The molecule has 3 N–H and O–H groups in total. The highest BCUT2D eigenvalue weighted by atomic mass is 16.9. The summed E-state index contributed by atoms with van der Waals surface area (Å²) in [6.07, 6.45) is 0.0566. The monoisotopic (exact) mass is 326 g/mol. The third-order valence-electron chi connectivity index (χ3n) is 3.82. The van der Waals surface area contributed by atoms with Gasteiger partial charge in [-0.2, -0.15) is 0 Å². The van der Waals surface area contributed by atoms with E-state index in [9.17, 15) is 24.9 Å². The zero-order valence-electron chi connectivity index (χ0n) is 12.6. The van der Waals surface area contributed by atoms with Gasteiger partial charge < -0.3 is 24.6 Å². The molecule has 2 unspecified atom stereocenters. The molecule has 2 aromatic heterocycles. The molecule has 3 heterocycles. The Balaban J connectivity index is 2.04. The van der Waals surface area contributed by atoms with E-state index in [0.29, 0.717) is 0 Å². The lowest BCUT2D eigenvalue weighted by Crippen LogP contribution is -2.52. The molecule has 12 heteroatoms. The normalized spacial score (nSPS) is 26.9. The second-order valence-electron chi connectivity index (χ2n) is 5.53. The number of hydrogen-bond acceptors (Lipinski definition) is 8. The number of imidazole rings is 1. The Kier molecular flexibility index (Phi) is 3.29. The van der Waals surface area contributed by atoms with Crippen molar-refractivity contribution in [3.05, 3.63) is 27.2 Å². The van der Waals surface area contributed by atoms with Crippen molar-refractivity contribution < 1.29 is 24.8 Å². The van der Waals surface area contributed by atoms with Crippen LogP contribution >= 0.6 is 0 Å². The summed E-state index contributed by atoms with van der Waals surface area (Å²) in [6, 6.07) is 0. The van der Waals surface area contributed by atoms with Crippen molar-refractivity contribution in [2.75, 3.05) is 0 Å². The van der Waals surface area contributed by atoms with Crippen molar-refractivity contribution in [1.82, 2.24) is 18.7 Å². The van der Waals surface area contributed by atoms with Crippen LogP contribution in [0.1, 0.15) is 0 Å². The van der Waals surface area contributed by atoms with Gasteiger partial charge in [-0.3, -0.25) is 18.7 Å². The molecule has 1 saturated heterocycles. The standard InChI is InChI=1S/C11H15BN4O7/c1-14-7-6(8(17)15(2)9(14)18)16(4-13-7)3-5-22-10(12,19)11(20,21)23-5/h4-5,19-21H,3,12H2,1-2H3. The molecule has 124 valence electrons. The number of aliphatic hydroxyl groups is 3. The molecule has 1 fully saturated rings. The Bertz CT molecular complexity index is 880. The van der Waals surface area contributed by atoms with Gasteiger partial charge in [0.2, 0.25) is 5.69 Å². The van der Waals surface area contributed by atoms with Crippen LogP contribution in [0.4, 0.5) is 0 Å². The maximum Gasteiger partial charge on any atom is 0.332 e. The molecular weight excluding hydrogens is 311 g/mol. The molecule has 0 aliphatic carbocycles. The van der Waals surface area contributed by atoms with Gasteiger partial charge in [-0.25, -0.2) is 9.78 Å². The molecule has 1 aliphatic rings. The fraction of sp³-hybridized carbons (Fsp3) is 0.545. The van der Waals surface area contributed by atoms with Crippen LogP contribution in [0.2, 0.25) is 0 Å². The highest BCUT2D eigenvalue weighted by molar-refractivity contribution is 6.13. The molecule has 3 rings (SSSR count). The Morgan fingerprint density at radius 1 is 1.26 bits per heavy atom. The van der Waals surface area contributed by atoms with Crippen LogP contribution < -0.4 is 11.2 Å². The summed E-state index contributed by atoms with van der Waals surface area (Å²) in [5, 5.41) is 28.8. The predicted octanol–water partition coefficient (Wildman–Crippen LogP) is -4.28. The van der Waals surface area contributed by atoms with Gasteiger partial charge in [0, 0.05) is 14.1 Å². The minimum absolute atomic E-state index is 0.120. The van der Waals surface area contributed by atoms with Crippen molar-refractivity contribution >= 4 is 19.0 Å². The van der Waals surface area contributed by atoms with Crippen molar-refractivity contribution in [2.45, 2.75) is 24.5 Å². The average Bonchev–Trinajstić information content (AvgIpc) is 2.93. The third kappa shape index (κ3) is 2.23. The van der Waals surface area contributed by atoms with Gasteiger partial charge in [0.1, 0.15) is 0 Å². The number of ether oxygens (including phenoxy) is 2. The van der Waals surface area contributed by atoms with Crippen LogP contribution in [0.5, 0.6) is 0 Å². The van der Waals surface area contributed by atoms with Crippen molar-refractivity contribution in [1.29, 1.82) is 0 Å². The summed E-state index contributed by atoms with van der Waals surface area (Å²) in [7, 11) is 3.84. The SMILES string of the molecule is BC1(O)OC(Cn2cnc3c2c(=O)n(C)c(=O)n3C)OC1(O)O. The lowest BCUT2D eigenvalue weighted by atomic mass is 9.93. The zero-order chi connectivity index (χ0) is 17.2. The Hall–Kier alpha value is -1.99. The molecule has 23 heavy (non-hydrogen) atoms. The predicted molar refractivity (Wildman–Crippen MR) is 76.8 cm³/mol. The van der Waals surface area contributed by atoms with Crippen molar-refractivity contribution in [2.24, 2.45) is 14.1 Å². The van der Waals surface area contributed by atoms with Crippen molar-refractivity contribution in [3.63, 3.8) is 0 Å². The molecule has 11 nitrogen and oxygen atoms in total. The largest absolute Gasteiger partial charge is 0.367 e. The summed E-state index contributed by atoms with van der Waals surface area (Å²) >= 11 is 0. The van der Waals surface area contributed by atoms with E-state index in [-0.39, 0.29) is 17.7 Å². The maximum absolute atomic E-state index is 12.3. The second kappa shape index (κ2) is 4.75. The summed E-state index contributed by atoms with van der Waals surface area (Å²) < 4.78 is 13.3. The van der Waals surface area contributed by atoms with E-state index in [1.165, 1.54) is 29.6 Å². The molecule has 0 radical (unpaired) electrons. The molecule has 2 aromatic rings. The van der Waals surface area contributed by atoms with Crippen LogP contribution in [0.15, 0.2) is 15.9 Å². The number of rotatable bonds is 2. The fourth-order valence-corrected chi connectivity index (χ4v) is 2.42. The van der Waals surface area contributed by atoms with Crippen molar-refractivity contribution in [3.8, 4) is 0 Å². The van der Waals surface area contributed by atoms with Gasteiger partial charge in [0.05, 0.1) is 12.9 Å². The summed E-state index contributed by atoms with van der Waals surface area (Å²) in [6.45, 7) is -0.150. The molecule has 0 amide bonds. The number of fused-ring (bicyclic) bond motifs is 1. The highest BCUT2D eigenvalue weighted by Crippen LogP contribution is 2.31. The van der Waals surface area contributed by atoms with E-state index < -0.39 is 29.2 Å². The van der Waals surface area contributed by atoms with E-state index in [1.54, 1.807) is 0 Å². The smallest absolute Gasteiger partial charge is 0.332 e. The van der Waals surface area contributed by atoms with E-state index in [4.69, 9.17) is 9.47 Å². The van der Waals surface area contributed by atoms with E-state index >= 15 is 0 Å². The molecule has 2 atom stereocenters. The van der Waals surface area contributed by atoms with E-state index in [2.05, 4.69) is 4.98 Å². The first kappa shape index (κ1) is 15.9. The molecule has 1 aliphatic heterocycles. The molecule has 0 spiro atoms. The van der Waals surface area contributed by atoms with Gasteiger partial charge in [0.25, 0.3) is 5.56 Å². The lowest BCUT2D eigenvalue weighted by Gasteiger charge is -2.24. The zero-order valence-corrected chi connectivity index (χ0v) is 12.6. The van der Waals surface area contributed by atoms with Crippen LogP contribution in [-0.2, 0) is 30.1 Å². The average molecular weight is 326 g/mol. The second-order valence-corrected chi connectivity index (χ2v) is 5.53. The topological polar surface area (TPSA) is 141 Å². The highest BCUT2D eigenvalue weighted by Gasteiger charge is 2.56. The Labute approximate surface area is 129 Å². The van der Waals surface area contributed by atoms with Gasteiger partial charge >= 0.3 is 11.7 Å². The number of aryl methyl sites for hydroxylation is 1. The minimum atomic E-state index is -2.88. The Morgan fingerprint density at radius 3 is 2.48 bits per heavy atom. The van der Waals surface area contributed by atoms with Gasteiger partial charge in [0.15, 0.2) is 25.3 Å². The fourth-order valence-electron chi connectivity index (χ4n) is 2.42. The first-order chi connectivity index (χ1) is 10.5. The minimum Gasteiger partial charge on any atom is -0.367 e. The van der Waals surface area contributed by atoms with Crippen LogP contribution in [0.3, 0.4) is 0 Å². The lowest BCUT2D eigenvalue weighted by molar-refractivity contribution is -0.372. The molecule has 0 saturated carbocycles. The Morgan fingerprint density at radius 2 is 1.91 bits per heavy atom. The number of aromatic nitrogens is 4. The van der Waals surface area contributed by atoms with E-state index in [1.807, 2.05) is 0 Å². The van der Waals surface area contributed by atoms with Crippen LogP contribution in [0, 0.1) is 0 Å².